The molecule has 2 heterocycles. The number of benzene rings is 2. The predicted octanol–water partition coefficient (Wildman–Crippen LogP) is 5.07. The van der Waals surface area contributed by atoms with E-state index in [2.05, 4.69) is 84.3 Å². The van der Waals surface area contributed by atoms with Gasteiger partial charge in [-0.3, -0.25) is 0 Å². The lowest BCUT2D eigenvalue weighted by Gasteiger charge is -2.34. The molecule has 2 N–H and O–H groups in total. The van der Waals surface area contributed by atoms with E-state index >= 15 is 0 Å². The fraction of sp³-hybridized carbons (Fsp3) is 0.286. The van der Waals surface area contributed by atoms with Crippen LogP contribution in [-0.2, 0) is 0 Å². The van der Waals surface area contributed by atoms with E-state index < -0.39 is 0 Å². The molecule has 1 aliphatic rings. The number of rotatable bonds is 4. The Morgan fingerprint density at radius 1 is 1.17 bits per heavy atom. The standard InChI is InChI=1S/C21H22BrN5S2/c1-29-18-6-4-16(5-7-18)24-21(28)25-17-8-10-27(11-9-17)20-19-12-15(22)3-2-14(19)13-23-26-20/h2-7,12-13,17H,8-11H2,1H3,(H2,24,25,28). The molecule has 1 saturated heterocycles. The SMILES string of the molecule is CSc1ccc(NC(=S)NC2CCN(c3nncc4ccc(Br)cc34)CC2)cc1. The first-order chi connectivity index (χ1) is 14.1. The van der Waals surface area contributed by atoms with Crippen LogP contribution in [0.5, 0.6) is 0 Å². The highest BCUT2D eigenvalue weighted by atomic mass is 79.9. The molecule has 0 spiro atoms. The number of nitrogens with zero attached hydrogens (tertiary/aromatic N) is 3. The highest BCUT2D eigenvalue weighted by Gasteiger charge is 2.22. The van der Waals surface area contributed by atoms with Crippen molar-refractivity contribution in [1.82, 2.24) is 15.5 Å². The van der Waals surface area contributed by atoms with Gasteiger partial charge in [-0.1, -0.05) is 22.0 Å². The van der Waals surface area contributed by atoms with E-state index in [4.69, 9.17) is 12.2 Å². The summed E-state index contributed by atoms with van der Waals surface area (Å²) in [6.45, 7) is 1.84. The van der Waals surface area contributed by atoms with Crippen LogP contribution in [0, 0.1) is 0 Å². The lowest BCUT2D eigenvalue weighted by Crippen LogP contribution is -2.46. The molecular weight excluding hydrogens is 466 g/mol. The van der Waals surface area contributed by atoms with Crippen LogP contribution >= 0.6 is 39.9 Å². The highest BCUT2D eigenvalue weighted by molar-refractivity contribution is 9.10. The largest absolute Gasteiger partial charge is 0.360 e. The highest BCUT2D eigenvalue weighted by Crippen LogP contribution is 2.28. The lowest BCUT2D eigenvalue weighted by molar-refractivity contribution is 0.466. The number of fused-ring (bicyclic) bond motifs is 1. The average Bonchev–Trinajstić information content (AvgIpc) is 2.74. The second-order valence-electron chi connectivity index (χ2n) is 6.99. The van der Waals surface area contributed by atoms with Crippen molar-refractivity contribution in [3.63, 3.8) is 0 Å². The molecule has 8 heteroatoms. The Morgan fingerprint density at radius 3 is 2.66 bits per heavy atom. The van der Waals surface area contributed by atoms with Crippen LogP contribution in [0.2, 0.25) is 0 Å². The molecule has 29 heavy (non-hydrogen) atoms. The summed E-state index contributed by atoms with van der Waals surface area (Å²) in [5, 5.41) is 18.3. The van der Waals surface area contributed by atoms with Crippen molar-refractivity contribution < 1.29 is 0 Å². The van der Waals surface area contributed by atoms with Crippen molar-refractivity contribution >= 4 is 67.3 Å². The third kappa shape index (κ3) is 4.99. The Kier molecular flexibility index (Phi) is 6.52. The van der Waals surface area contributed by atoms with Crippen molar-refractivity contribution in [2.24, 2.45) is 0 Å². The van der Waals surface area contributed by atoms with Gasteiger partial charge in [0.15, 0.2) is 10.9 Å². The van der Waals surface area contributed by atoms with Crippen LogP contribution in [0.1, 0.15) is 12.8 Å². The number of thioether (sulfide) groups is 1. The summed E-state index contributed by atoms with van der Waals surface area (Å²) < 4.78 is 1.05. The normalized spacial score (nSPS) is 14.8. The maximum absolute atomic E-state index is 5.51. The summed E-state index contributed by atoms with van der Waals surface area (Å²) in [4.78, 5) is 3.56. The minimum atomic E-state index is 0.353. The van der Waals surface area contributed by atoms with E-state index in [1.54, 1.807) is 11.8 Å². The summed E-state index contributed by atoms with van der Waals surface area (Å²) in [6.07, 6.45) is 5.89. The van der Waals surface area contributed by atoms with E-state index in [1.165, 1.54) is 4.90 Å². The molecule has 0 saturated carbocycles. The number of hydrogen-bond donors (Lipinski definition) is 2. The van der Waals surface area contributed by atoms with Gasteiger partial charge in [-0.15, -0.1) is 16.9 Å². The molecule has 3 aromatic rings. The van der Waals surface area contributed by atoms with Gasteiger partial charge >= 0.3 is 0 Å². The number of hydrogen-bond acceptors (Lipinski definition) is 5. The minimum absolute atomic E-state index is 0.353. The molecule has 1 aliphatic heterocycles. The van der Waals surface area contributed by atoms with Gasteiger partial charge in [-0.05, 0) is 67.7 Å². The fourth-order valence-corrected chi connectivity index (χ4v) is 4.58. The number of thiocarbonyl (C=S) groups is 1. The maximum atomic E-state index is 5.51. The first-order valence-electron chi connectivity index (χ1n) is 9.50. The monoisotopic (exact) mass is 487 g/mol. The number of piperidine rings is 1. The Balaban J connectivity index is 1.35. The van der Waals surface area contributed by atoms with Crippen molar-refractivity contribution in [2.75, 3.05) is 29.6 Å². The van der Waals surface area contributed by atoms with Gasteiger partial charge in [-0.2, -0.15) is 5.10 Å². The molecule has 150 valence electrons. The predicted molar refractivity (Wildman–Crippen MR) is 130 cm³/mol. The average molecular weight is 488 g/mol. The first kappa shape index (κ1) is 20.4. The van der Waals surface area contributed by atoms with E-state index in [0.29, 0.717) is 11.2 Å². The summed E-state index contributed by atoms with van der Waals surface area (Å²) in [5.74, 6) is 0.955. The molecule has 0 bridgehead atoms. The number of nitrogens with one attached hydrogen (secondary N) is 2. The maximum Gasteiger partial charge on any atom is 0.170 e. The van der Waals surface area contributed by atoms with E-state index in [1.807, 2.05) is 12.3 Å². The zero-order valence-corrected chi connectivity index (χ0v) is 19.3. The van der Waals surface area contributed by atoms with Crippen LogP contribution in [-0.4, -0.2) is 40.7 Å². The van der Waals surface area contributed by atoms with E-state index in [-0.39, 0.29) is 0 Å². The van der Waals surface area contributed by atoms with Crippen molar-refractivity contribution in [3.05, 3.63) is 53.1 Å². The smallest absolute Gasteiger partial charge is 0.170 e. The van der Waals surface area contributed by atoms with Crippen molar-refractivity contribution in [2.45, 2.75) is 23.8 Å². The Hall–Kier alpha value is -1.90. The Morgan fingerprint density at radius 2 is 1.93 bits per heavy atom. The van der Waals surface area contributed by atoms with Gasteiger partial charge in [0, 0.05) is 45.0 Å². The molecule has 1 fully saturated rings. The molecule has 0 radical (unpaired) electrons. The van der Waals surface area contributed by atoms with Crippen LogP contribution in [0.4, 0.5) is 11.5 Å². The molecule has 2 aromatic carbocycles. The van der Waals surface area contributed by atoms with Crippen LogP contribution < -0.4 is 15.5 Å². The van der Waals surface area contributed by atoms with Gasteiger partial charge < -0.3 is 15.5 Å². The second kappa shape index (κ2) is 9.28. The summed E-state index contributed by atoms with van der Waals surface area (Å²) in [7, 11) is 0. The van der Waals surface area contributed by atoms with Gasteiger partial charge in [0.2, 0.25) is 0 Å². The zero-order chi connectivity index (χ0) is 20.2. The topological polar surface area (TPSA) is 53.1 Å². The van der Waals surface area contributed by atoms with Gasteiger partial charge in [-0.25, -0.2) is 0 Å². The van der Waals surface area contributed by atoms with Gasteiger partial charge in [0.05, 0.1) is 6.20 Å². The number of aromatic nitrogens is 2. The first-order valence-corrected chi connectivity index (χ1v) is 11.9. The lowest BCUT2D eigenvalue weighted by atomic mass is 10.0. The van der Waals surface area contributed by atoms with Crippen LogP contribution in [0.15, 0.2) is 58.0 Å². The van der Waals surface area contributed by atoms with E-state index in [9.17, 15) is 0 Å². The quantitative estimate of drug-likeness (QED) is 0.393. The Labute approximate surface area is 188 Å². The summed E-state index contributed by atoms with van der Waals surface area (Å²) in [6, 6.07) is 14.9. The molecular formula is C21H22BrN5S2. The molecule has 0 amide bonds. The molecule has 1 aromatic heterocycles. The third-order valence-corrected chi connectivity index (χ3v) is 6.54. The van der Waals surface area contributed by atoms with Gasteiger partial charge in [0.25, 0.3) is 0 Å². The molecule has 5 nitrogen and oxygen atoms in total. The van der Waals surface area contributed by atoms with Crippen LogP contribution in [0.3, 0.4) is 0 Å². The van der Waals surface area contributed by atoms with Gasteiger partial charge in [0.1, 0.15) is 0 Å². The van der Waals surface area contributed by atoms with Crippen molar-refractivity contribution in [3.8, 4) is 0 Å². The summed E-state index contributed by atoms with van der Waals surface area (Å²) in [5.41, 5.74) is 1.01. The number of halogens is 1. The molecule has 4 rings (SSSR count). The molecule has 0 atom stereocenters. The second-order valence-corrected chi connectivity index (χ2v) is 9.19. The Bertz CT molecular complexity index is 1000. The summed E-state index contributed by atoms with van der Waals surface area (Å²) >= 11 is 10.8. The third-order valence-electron chi connectivity index (χ3n) is 5.08. The fourth-order valence-electron chi connectivity index (χ4n) is 3.53. The number of anilines is 2. The van der Waals surface area contributed by atoms with E-state index in [0.717, 1.165) is 52.7 Å². The zero-order valence-electron chi connectivity index (χ0n) is 16.1. The molecule has 0 unspecified atom stereocenters. The van der Waals surface area contributed by atoms with Crippen molar-refractivity contribution in [1.29, 1.82) is 0 Å². The van der Waals surface area contributed by atoms with Crippen LogP contribution in [0.25, 0.3) is 10.8 Å². The minimum Gasteiger partial charge on any atom is -0.360 e. The molecule has 0 aliphatic carbocycles.